The van der Waals surface area contributed by atoms with E-state index in [0.29, 0.717) is 25.9 Å². The zero-order valence-electron chi connectivity index (χ0n) is 14.0. The Balaban J connectivity index is 1.71. The van der Waals surface area contributed by atoms with Gasteiger partial charge in [-0.3, -0.25) is 9.59 Å². The van der Waals surface area contributed by atoms with Crippen LogP contribution in [0, 0.1) is 5.41 Å². The van der Waals surface area contributed by atoms with E-state index in [0.717, 1.165) is 17.0 Å². The highest BCUT2D eigenvalue weighted by atomic mass is 16.6. The molecule has 0 spiro atoms. The van der Waals surface area contributed by atoms with Crippen molar-refractivity contribution in [3.63, 3.8) is 0 Å². The van der Waals surface area contributed by atoms with Crippen molar-refractivity contribution in [1.29, 1.82) is 0 Å². The summed E-state index contributed by atoms with van der Waals surface area (Å²) in [7, 11) is 1.64. The maximum Gasteiger partial charge on any atom is 0.267 e. The summed E-state index contributed by atoms with van der Waals surface area (Å²) in [5, 5.41) is 8.34. The van der Waals surface area contributed by atoms with E-state index in [9.17, 15) is 9.59 Å². The third-order valence-electron chi connectivity index (χ3n) is 4.36. The number of hydrogen-bond acceptors (Lipinski definition) is 5. The Hall–Kier alpha value is -2.18. The number of oxime groups is 1. The largest absolute Gasteiger partial charge is 0.382 e. The molecule has 1 amide bonds. The Bertz CT molecular complexity index is 730. The third-order valence-corrected chi connectivity index (χ3v) is 4.36. The van der Waals surface area contributed by atoms with Crippen molar-refractivity contribution < 1.29 is 9.63 Å². The molecule has 7 heteroatoms. The number of fused-ring (bicyclic) bond motifs is 1. The molecule has 0 bridgehead atoms. The van der Waals surface area contributed by atoms with Gasteiger partial charge in [-0.05, 0) is 0 Å². The minimum atomic E-state index is -0.551. The first-order valence-corrected chi connectivity index (χ1v) is 7.84. The number of hydrogen-bond donors (Lipinski definition) is 0. The summed E-state index contributed by atoms with van der Waals surface area (Å²) in [5.74, 6) is -0.0701. The van der Waals surface area contributed by atoms with Crippen LogP contribution in [0.5, 0.6) is 0 Å². The molecule has 1 unspecified atom stereocenters. The Labute approximate surface area is 134 Å². The Morgan fingerprint density at radius 2 is 2.13 bits per heavy atom. The van der Waals surface area contributed by atoms with Gasteiger partial charge in [0.1, 0.15) is 0 Å². The van der Waals surface area contributed by atoms with Gasteiger partial charge < -0.3 is 9.74 Å². The van der Waals surface area contributed by atoms with Crippen molar-refractivity contribution in [2.24, 2.45) is 17.6 Å². The summed E-state index contributed by atoms with van der Waals surface area (Å²) in [6.07, 6.45) is 0.625. The maximum atomic E-state index is 12.7. The zero-order chi connectivity index (χ0) is 16.8. The van der Waals surface area contributed by atoms with Gasteiger partial charge in [0.2, 0.25) is 6.10 Å². The number of amides is 1. The average Bonchev–Trinajstić information content (AvgIpc) is 2.97. The lowest BCUT2D eigenvalue weighted by atomic mass is 9.87. The van der Waals surface area contributed by atoms with Gasteiger partial charge in [-0.2, -0.15) is 5.10 Å². The molecule has 1 aromatic rings. The van der Waals surface area contributed by atoms with Crippen molar-refractivity contribution in [3.8, 4) is 0 Å². The van der Waals surface area contributed by atoms with E-state index in [1.54, 1.807) is 18.0 Å². The summed E-state index contributed by atoms with van der Waals surface area (Å²) >= 11 is 0. The van der Waals surface area contributed by atoms with Crippen LogP contribution in [0.1, 0.15) is 38.4 Å². The second-order valence-electron chi connectivity index (χ2n) is 7.17. The van der Waals surface area contributed by atoms with Crippen LogP contribution >= 0.6 is 0 Å². The van der Waals surface area contributed by atoms with E-state index in [2.05, 4.69) is 31.0 Å². The summed E-state index contributed by atoms with van der Waals surface area (Å²) < 4.78 is 1.33. The fraction of sp³-hybridized carbons (Fsp3) is 0.625. The van der Waals surface area contributed by atoms with Crippen molar-refractivity contribution >= 4 is 11.6 Å². The normalized spacial score (nSPS) is 20.8. The molecular weight excluding hydrogens is 296 g/mol. The van der Waals surface area contributed by atoms with Gasteiger partial charge in [0.15, 0.2) is 0 Å². The van der Waals surface area contributed by atoms with Crippen molar-refractivity contribution in [1.82, 2.24) is 14.7 Å². The maximum absolute atomic E-state index is 12.7. The van der Waals surface area contributed by atoms with Crippen molar-refractivity contribution in [2.45, 2.75) is 46.3 Å². The molecule has 1 aromatic heterocycles. The summed E-state index contributed by atoms with van der Waals surface area (Å²) in [5.41, 5.74) is 2.36. The molecule has 0 radical (unpaired) electrons. The van der Waals surface area contributed by atoms with Gasteiger partial charge in [0.25, 0.3) is 11.5 Å². The van der Waals surface area contributed by atoms with E-state index >= 15 is 0 Å². The van der Waals surface area contributed by atoms with Gasteiger partial charge >= 0.3 is 0 Å². The van der Waals surface area contributed by atoms with Gasteiger partial charge in [-0.15, -0.1) is 0 Å². The second-order valence-corrected chi connectivity index (χ2v) is 7.17. The van der Waals surface area contributed by atoms with Gasteiger partial charge in [-0.25, -0.2) is 4.68 Å². The van der Waals surface area contributed by atoms with Gasteiger partial charge in [0.05, 0.1) is 11.4 Å². The smallest absolute Gasteiger partial charge is 0.267 e. The molecule has 7 nitrogen and oxygen atoms in total. The highest BCUT2D eigenvalue weighted by Crippen LogP contribution is 2.27. The van der Waals surface area contributed by atoms with Crippen LogP contribution in [0.2, 0.25) is 0 Å². The SMILES string of the molecule is Cn1nc2c(cc1=O)CN(C(=O)C1CC(C(C)(C)C)=NO1)CC2. The monoisotopic (exact) mass is 318 g/mol. The molecule has 124 valence electrons. The molecule has 3 heterocycles. The quantitative estimate of drug-likeness (QED) is 0.769. The number of aromatic nitrogens is 2. The van der Waals surface area contributed by atoms with E-state index in [4.69, 9.17) is 4.84 Å². The topological polar surface area (TPSA) is 76.8 Å². The molecule has 2 aliphatic heterocycles. The molecule has 1 atom stereocenters. The van der Waals surface area contributed by atoms with Crippen LogP contribution in [0.15, 0.2) is 16.0 Å². The Morgan fingerprint density at radius 3 is 2.78 bits per heavy atom. The highest BCUT2D eigenvalue weighted by molar-refractivity contribution is 5.95. The van der Waals surface area contributed by atoms with Crippen molar-refractivity contribution in [3.05, 3.63) is 27.7 Å². The van der Waals surface area contributed by atoms with Crippen LogP contribution in [-0.2, 0) is 29.6 Å². The lowest BCUT2D eigenvalue weighted by Crippen LogP contribution is -2.43. The minimum absolute atomic E-state index is 0.0701. The lowest BCUT2D eigenvalue weighted by Gasteiger charge is -2.29. The second kappa shape index (κ2) is 5.47. The summed E-state index contributed by atoms with van der Waals surface area (Å²) in [6.45, 7) is 7.16. The third kappa shape index (κ3) is 3.00. The molecular formula is C16H22N4O3. The fourth-order valence-corrected chi connectivity index (χ4v) is 2.84. The van der Waals surface area contributed by atoms with Crippen molar-refractivity contribution in [2.75, 3.05) is 6.54 Å². The highest BCUT2D eigenvalue weighted by Gasteiger charge is 2.37. The molecule has 2 aliphatic rings. The molecule has 0 N–H and O–H groups in total. The molecule has 0 aliphatic carbocycles. The number of aryl methyl sites for hydroxylation is 1. The molecule has 0 saturated heterocycles. The molecule has 0 fully saturated rings. The molecule has 0 saturated carbocycles. The average molecular weight is 318 g/mol. The first kappa shape index (κ1) is 15.7. The van der Waals surface area contributed by atoms with Crippen LogP contribution in [0.4, 0.5) is 0 Å². The minimum Gasteiger partial charge on any atom is -0.382 e. The van der Waals surface area contributed by atoms with Gasteiger partial charge in [0, 0.05) is 50.0 Å². The van der Waals surface area contributed by atoms with Crippen LogP contribution < -0.4 is 5.56 Å². The predicted molar refractivity (Wildman–Crippen MR) is 85.0 cm³/mol. The fourth-order valence-electron chi connectivity index (χ4n) is 2.84. The van der Waals surface area contributed by atoms with Crippen LogP contribution in [-0.4, -0.2) is 38.9 Å². The molecule has 0 aromatic carbocycles. The standard InChI is InChI=1S/C16H22N4O3/c1-16(2,3)13-8-12(23-18-13)15(22)20-6-5-11-10(9-20)7-14(21)19(4)17-11/h7,12H,5-6,8-9H2,1-4H3. The first-order valence-electron chi connectivity index (χ1n) is 7.84. The zero-order valence-corrected chi connectivity index (χ0v) is 14.0. The number of rotatable bonds is 1. The predicted octanol–water partition coefficient (Wildman–Crippen LogP) is 0.856. The Morgan fingerprint density at radius 1 is 1.39 bits per heavy atom. The number of carbonyl (C=O) groups excluding carboxylic acids is 1. The van der Waals surface area contributed by atoms with E-state index in [1.165, 1.54) is 4.68 Å². The first-order chi connectivity index (χ1) is 10.8. The lowest BCUT2D eigenvalue weighted by molar-refractivity contribution is -0.143. The van der Waals surface area contributed by atoms with E-state index in [-0.39, 0.29) is 16.9 Å². The van der Waals surface area contributed by atoms with E-state index in [1.807, 2.05) is 0 Å². The Kier molecular flexibility index (Phi) is 3.74. The van der Waals surface area contributed by atoms with E-state index < -0.39 is 6.10 Å². The molecule has 3 rings (SSSR count). The number of nitrogens with zero attached hydrogens (tertiary/aromatic N) is 4. The summed E-state index contributed by atoms with van der Waals surface area (Å²) in [6, 6.07) is 1.56. The number of carbonyl (C=O) groups is 1. The molecule has 23 heavy (non-hydrogen) atoms. The van der Waals surface area contributed by atoms with Gasteiger partial charge in [-0.1, -0.05) is 25.9 Å². The summed E-state index contributed by atoms with van der Waals surface area (Å²) in [4.78, 5) is 31.5. The van der Waals surface area contributed by atoms with Crippen LogP contribution in [0.25, 0.3) is 0 Å². The van der Waals surface area contributed by atoms with Crippen LogP contribution in [0.3, 0.4) is 0 Å².